The zero-order valence-corrected chi connectivity index (χ0v) is 9.90. The van der Waals surface area contributed by atoms with Gasteiger partial charge in [-0.2, -0.15) is 0 Å². The lowest BCUT2D eigenvalue weighted by atomic mass is 10.2. The smallest absolute Gasteiger partial charge is 0.338 e. The van der Waals surface area contributed by atoms with Gasteiger partial charge in [0.2, 0.25) is 6.79 Å². The maximum absolute atomic E-state index is 11.6. The first-order valence-electron chi connectivity index (χ1n) is 5.52. The van der Waals surface area contributed by atoms with Crippen molar-refractivity contribution in [2.45, 2.75) is 6.42 Å². The van der Waals surface area contributed by atoms with Crippen molar-refractivity contribution in [2.24, 2.45) is 0 Å². The molecule has 1 aromatic rings. The summed E-state index contributed by atoms with van der Waals surface area (Å²) in [6.07, 6.45) is 1.90. The van der Waals surface area contributed by atoms with Crippen LogP contribution in [-0.2, 0) is 14.2 Å². The molecule has 0 atom stereocenters. The zero-order valence-electron chi connectivity index (χ0n) is 9.90. The highest BCUT2D eigenvalue weighted by Crippen LogP contribution is 2.14. The molecule has 0 unspecified atom stereocenters. The minimum absolute atomic E-state index is 0.0711. The van der Waals surface area contributed by atoms with Gasteiger partial charge in [0, 0.05) is 18.6 Å². The molecule has 0 N–H and O–H groups in total. The zero-order chi connectivity index (χ0) is 13.7. The van der Waals surface area contributed by atoms with Crippen LogP contribution in [0.1, 0.15) is 16.8 Å². The van der Waals surface area contributed by atoms with Crippen LogP contribution in [0.25, 0.3) is 0 Å². The molecule has 0 aromatic heterocycles. The topological polar surface area (TPSA) is 87.9 Å². The van der Waals surface area contributed by atoms with Gasteiger partial charge in [0.1, 0.15) is 12.0 Å². The molecule has 0 amide bonds. The van der Waals surface area contributed by atoms with Gasteiger partial charge in [-0.1, -0.05) is 0 Å². The normalized spacial score (nSPS) is 13.2. The summed E-state index contributed by atoms with van der Waals surface area (Å²) in [6, 6.07) is 5.23. The summed E-state index contributed by atoms with van der Waals surface area (Å²) in [5.41, 5.74) is 0.196. The molecule has 1 heterocycles. The van der Waals surface area contributed by atoms with Crippen LogP contribution in [-0.4, -0.2) is 24.3 Å². The first-order valence-corrected chi connectivity index (χ1v) is 5.52. The lowest BCUT2D eigenvalue weighted by Crippen LogP contribution is -2.07. The van der Waals surface area contributed by atoms with Gasteiger partial charge in [0.05, 0.1) is 17.1 Å². The van der Waals surface area contributed by atoms with Crippen LogP contribution in [0, 0.1) is 10.1 Å². The Hall–Kier alpha value is -2.57. The Morgan fingerprint density at radius 3 is 2.68 bits per heavy atom. The molecular weight excluding hydrogens is 254 g/mol. The lowest BCUT2D eigenvalue weighted by molar-refractivity contribution is -0.384. The number of ether oxygens (including phenoxy) is 3. The van der Waals surface area contributed by atoms with Gasteiger partial charge >= 0.3 is 5.97 Å². The molecule has 0 saturated carbocycles. The Morgan fingerprint density at radius 1 is 1.37 bits per heavy atom. The minimum Gasteiger partial charge on any atom is -0.462 e. The van der Waals surface area contributed by atoms with Crippen molar-refractivity contribution in [1.29, 1.82) is 0 Å². The summed E-state index contributed by atoms with van der Waals surface area (Å²) in [7, 11) is 0. The number of nitro groups is 1. The van der Waals surface area contributed by atoms with Crippen molar-refractivity contribution in [2.75, 3.05) is 13.4 Å². The lowest BCUT2D eigenvalue weighted by Gasteiger charge is -2.04. The first kappa shape index (κ1) is 12.9. The summed E-state index contributed by atoms with van der Waals surface area (Å²) >= 11 is 0. The number of nitro benzene ring substituents is 1. The van der Waals surface area contributed by atoms with Crippen molar-refractivity contribution in [1.82, 2.24) is 0 Å². The number of carbonyl (C=O) groups excluding carboxylic acids is 1. The van der Waals surface area contributed by atoms with Gasteiger partial charge in [-0.05, 0) is 12.1 Å². The number of hydrogen-bond acceptors (Lipinski definition) is 6. The average Bonchev–Trinajstić information content (AvgIpc) is 2.92. The second-order valence-corrected chi connectivity index (χ2v) is 3.70. The van der Waals surface area contributed by atoms with Crippen LogP contribution in [0.4, 0.5) is 5.69 Å². The van der Waals surface area contributed by atoms with Crippen LogP contribution < -0.4 is 0 Å². The van der Waals surface area contributed by atoms with Gasteiger partial charge < -0.3 is 14.2 Å². The molecule has 19 heavy (non-hydrogen) atoms. The predicted molar refractivity (Wildman–Crippen MR) is 63.1 cm³/mol. The fourth-order valence-corrected chi connectivity index (χ4v) is 1.45. The maximum atomic E-state index is 11.6. The largest absolute Gasteiger partial charge is 0.462 e. The van der Waals surface area contributed by atoms with E-state index in [9.17, 15) is 14.9 Å². The monoisotopic (exact) mass is 265 g/mol. The van der Waals surface area contributed by atoms with Crippen molar-refractivity contribution in [3.8, 4) is 0 Å². The highest BCUT2D eigenvalue weighted by atomic mass is 16.7. The molecule has 1 aromatic carbocycles. The Morgan fingerprint density at radius 2 is 2.11 bits per heavy atom. The molecule has 7 heteroatoms. The van der Waals surface area contributed by atoms with E-state index in [1.54, 1.807) is 0 Å². The fraction of sp³-hybridized carbons (Fsp3) is 0.250. The van der Waals surface area contributed by atoms with Gasteiger partial charge in [-0.25, -0.2) is 4.79 Å². The van der Waals surface area contributed by atoms with Crippen molar-refractivity contribution in [3.63, 3.8) is 0 Å². The van der Waals surface area contributed by atoms with Crippen molar-refractivity contribution >= 4 is 11.7 Å². The van der Waals surface area contributed by atoms with E-state index in [1.165, 1.54) is 30.5 Å². The fourth-order valence-electron chi connectivity index (χ4n) is 1.45. The number of rotatable bonds is 5. The summed E-state index contributed by atoms with van der Waals surface area (Å²) in [5, 5.41) is 10.5. The third-order valence-corrected chi connectivity index (χ3v) is 2.42. The number of esters is 1. The minimum atomic E-state index is -0.533. The molecule has 0 fully saturated rings. The van der Waals surface area contributed by atoms with Crippen LogP contribution in [0.15, 0.2) is 36.3 Å². The number of hydrogen-bond donors (Lipinski definition) is 0. The van der Waals surface area contributed by atoms with Crippen LogP contribution in [0.5, 0.6) is 0 Å². The Kier molecular flexibility index (Phi) is 3.97. The third kappa shape index (κ3) is 3.44. The molecule has 100 valence electrons. The summed E-state index contributed by atoms with van der Waals surface area (Å²) in [5.74, 6) is 0.0888. The molecule has 0 aliphatic carbocycles. The number of nitrogens with zero attached hydrogens (tertiary/aromatic N) is 1. The Bertz CT molecular complexity index is 507. The maximum Gasteiger partial charge on any atom is 0.338 e. The summed E-state index contributed by atoms with van der Waals surface area (Å²) < 4.78 is 14.9. The van der Waals surface area contributed by atoms with Gasteiger partial charge in [0.15, 0.2) is 0 Å². The van der Waals surface area contributed by atoms with E-state index < -0.39 is 10.9 Å². The summed E-state index contributed by atoms with van der Waals surface area (Å²) in [4.78, 5) is 21.5. The SMILES string of the molecule is O=C(OCCC1=COCO1)c1ccc([N+](=O)[O-])cc1. The quantitative estimate of drug-likeness (QED) is 0.459. The molecule has 1 aliphatic heterocycles. The van der Waals surface area contributed by atoms with Crippen molar-refractivity contribution < 1.29 is 23.9 Å². The molecule has 0 bridgehead atoms. The standard InChI is InChI=1S/C12H11NO6/c14-12(18-6-5-11-7-17-8-19-11)9-1-3-10(4-2-9)13(15)16/h1-4,7H,5-6,8H2. The van der Waals surface area contributed by atoms with Gasteiger partial charge in [0.25, 0.3) is 5.69 Å². The molecule has 2 rings (SSSR count). The molecular formula is C12H11NO6. The molecule has 0 saturated heterocycles. The second kappa shape index (κ2) is 5.85. The average molecular weight is 265 g/mol. The second-order valence-electron chi connectivity index (χ2n) is 3.70. The Labute approximate surface area is 108 Å². The molecule has 0 radical (unpaired) electrons. The van der Waals surface area contributed by atoms with E-state index in [1.807, 2.05) is 0 Å². The van der Waals surface area contributed by atoms with Crippen LogP contribution in [0.3, 0.4) is 0 Å². The number of non-ortho nitro benzene ring substituents is 1. The van der Waals surface area contributed by atoms with Gasteiger partial charge in [-0.3, -0.25) is 10.1 Å². The summed E-state index contributed by atoms with van der Waals surface area (Å²) in [6.45, 7) is 0.344. The Balaban J connectivity index is 1.83. The first-order chi connectivity index (χ1) is 9.16. The van der Waals surface area contributed by atoms with E-state index in [0.29, 0.717) is 12.2 Å². The highest BCUT2D eigenvalue weighted by Gasteiger charge is 2.12. The molecule has 0 spiro atoms. The molecule has 7 nitrogen and oxygen atoms in total. The van der Waals surface area contributed by atoms with E-state index in [0.717, 1.165) is 0 Å². The molecule has 1 aliphatic rings. The third-order valence-electron chi connectivity index (χ3n) is 2.42. The number of benzene rings is 1. The van der Waals surface area contributed by atoms with Crippen molar-refractivity contribution in [3.05, 3.63) is 52.0 Å². The van der Waals surface area contributed by atoms with Crippen LogP contribution >= 0.6 is 0 Å². The van der Waals surface area contributed by atoms with Gasteiger partial charge in [-0.15, -0.1) is 0 Å². The predicted octanol–water partition coefficient (Wildman–Crippen LogP) is 1.99. The van der Waals surface area contributed by atoms with E-state index in [-0.39, 0.29) is 24.7 Å². The van der Waals surface area contributed by atoms with E-state index >= 15 is 0 Å². The highest BCUT2D eigenvalue weighted by molar-refractivity contribution is 5.89. The van der Waals surface area contributed by atoms with E-state index in [2.05, 4.69) is 0 Å². The van der Waals surface area contributed by atoms with Crippen LogP contribution in [0.2, 0.25) is 0 Å². The number of carbonyl (C=O) groups is 1. The van der Waals surface area contributed by atoms with E-state index in [4.69, 9.17) is 14.2 Å².